The molecule has 4 nitrogen and oxygen atoms in total. The molecule has 0 unspecified atom stereocenters. The molecule has 1 N–H and O–H groups in total. The number of nitrogens with one attached hydrogen (secondary N) is 1. The molecule has 0 bridgehead atoms. The zero-order chi connectivity index (χ0) is 12.3. The molecule has 0 spiro atoms. The lowest BCUT2D eigenvalue weighted by atomic mass is 10.4. The van der Waals surface area contributed by atoms with Gasteiger partial charge in [-0.1, -0.05) is 13.8 Å². The largest absolute Gasteiger partial charge is 0.355 e. The molecule has 0 aliphatic rings. The van der Waals surface area contributed by atoms with Crippen LogP contribution in [0.4, 0.5) is 0 Å². The predicted molar refractivity (Wildman–Crippen MR) is 66.1 cm³/mol. The smallest absolute Gasteiger partial charge is 0.216 e. The Bertz CT molecular complexity index is 149. The average Bonchev–Trinajstić information content (AvgIpc) is 2.17. The van der Waals surface area contributed by atoms with Crippen LogP contribution >= 0.6 is 0 Å². The fourth-order valence-corrected chi connectivity index (χ4v) is 0.905. The highest BCUT2D eigenvalue weighted by molar-refractivity contribution is 5.72. The molecule has 0 aromatic carbocycles. The van der Waals surface area contributed by atoms with Crippen LogP contribution in [0, 0.1) is 0 Å². The van der Waals surface area contributed by atoms with Gasteiger partial charge in [0.1, 0.15) is 0 Å². The molecule has 15 heavy (non-hydrogen) atoms. The topological polar surface area (TPSA) is 35.6 Å². The van der Waals surface area contributed by atoms with Crippen molar-refractivity contribution in [1.82, 2.24) is 15.1 Å². The Morgan fingerprint density at radius 1 is 1.07 bits per heavy atom. The minimum absolute atomic E-state index is 0.0426. The lowest BCUT2D eigenvalue weighted by Gasteiger charge is -2.19. The Labute approximate surface area is 94.6 Å². The molecule has 0 radical (unpaired) electrons. The summed E-state index contributed by atoms with van der Waals surface area (Å²) in [5.41, 5.74) is 0. The first kappa shape index (κ1) is 16.8. The number of likely N-dealkylation sites (N-methyl/N-ethyl adjacent to an activating group) is 2. The SMILES string of the molecule is CC.CC(=O)NCCN(C)CCN(C)C. The van der Waals surface area contributed by atoms with E-state index >= 15 is 0 Å². The molecule has 92 valence electrons. The number of carbonyl (C=O) groups is 1. The molecular weight excluding hydrogens is 190 g/mol. The van der Waals surface area contributed by atoms with Crippen molar-refractivity contribution in [3.63, 3.8) is 0 Å². The Hall–Kier alpha value is -0.610. The summed E-state index contributed by atoms with van der Waals surface area (Å²) in [6, 6.07) is 0. The zero-order valence-electron chi connectivity index (χ0n) is 11.1. The van der Waals surface area contributed by atoms with Crippen molar-refractivity contribution in [3.8, 4) is 0 Å². The van der Waals surface area contributed by atoms with Crippen LogP contribution < -0.4 is 5.32 Å². The van der Waals surface area contributed by atoms with Gasteiger partial charge in [0.2, 0.25) is 5.91 Å². The molecule has 0 heterocycles. The maximum absolute atomic E-state index is 10.6. The van der Waals surface area contributed by atoms with Crippen molar-refractivity contribution in [2.45, 2.75) is 20.8 Å². The molecule has 0 saturated carbocycles. The van der Waals surface area contributed by atoms with Crippen LogP contribution in [-0.4, -0.2) is 63.0 Å². The van der Waals surface area contributed by atoms with Gasteiger partial charge in [0.25, 0.3) is 0 Å². The Morgan fingerprint density at radius 2 is 1.60 bits per heavy atom. The van der Waals surface area contributed by atoms with Gasteiger partial charge in [-0.05, 0) is 21.1 Å². The zero-order valence-corrected chi connectivity index (χ0v) is 11.1. The van der Waals surface area contributed by atoms with E-state index in [1.807, 2.05) is 13.8 Å². The van der Waals surface area contributed by atoms with E-state index in [0.717, 1.165) is 26.2 Å². The summed E-state index contributed by atoms with van der Waals surface area (Å²) in [5, 5.41) is 2.77. The standard InChI is InChI=1S/C9H21N3O.C2H6/c1-9(13)10-5-6-12(4)8-7-11(2)3;1-2/h5-8H2,1-4H3,(H,10,13);1-2H3. The maximum Gasteiger partial charge on any atom is 0.216 e. The van der Waals surface area contributed by atoms with Gasteiger partial charge in [-0.25, -0.2) is 0 Å². The molecule has 0 fully saturated rings. The molecular formula is C11H27N3O. The van der Waals surface area contributed by atoms with Crippen LogP contribution in [0.5, 0.6) is 0 Å². The van der Waals surface area contributed by atoms with E-state index in [2.05, 4.69) is 36.3 Å². The van der Waals surface area contributed by atoms with Crippen molar-refractivity contribution in [1.29, 1.82) is 0 Å². The van der Waals surface area contributed by atoms with E-state index in [4.69, 9.17) is 0 Å². The van der Waals surface area contributed by atoms with Crippen LogP contribution in [0.2, 0.25) is 0 Å². The number of hydrogen-bond acceptors (Lipinski definition) is 3. The summed E-state index contributed by atoms with van der Waals surface area (Å²) in [7, 11) is 6.18. The monoisotopic (exact) mass is 217 g/mol. The maximum atomic E-state index is 10.6. The van der Waals surface area contributed by atoms with Gasteiger partial charge in [-0.2, -0.15) is 0 Å². The number of amides is 1. The van der Waals surface area contributed by atoms with Crippen molar-refractivity contribution >= 4 is 5.91 Å². The molecule has 4 heteroatoms. The van der Waals surface area contributed by atoms with Crippen molar-refractivity contribution in [2.24, 2.45) is 0 Å². The highest BCUT2D eigenvalue weighted by Crippen LogP contribution is 1.82. The average molecular weight is 217 g/mol. The first-order chi connectivity index (χ1) is 7.02. The van der Waals surface area contributed by atoms with Gasteiger partial charge < -0.3 is 15.1 Å². The molecule has 0 saturated heterocycles. The lowest BCUT2D eigenvalue weighted by Crippen LogP contribution is -2.35. The predicted octanol–water partition coefficient (Wildman–Crippen LogP) is 0.642. The van der Waals surface area contributed by atoms with Crippen molar-refractivity contribution < 1.29 is 4.79 Å². The molecule has 1 amide bonds. The Kier molecular flexibility index (Phi) is 12.8. The van der Waals surface area contributed by atoms with Gasteiger partial charge in [0.15, 0.2) is 0 Å². The molecule has 0 aliphatic heterocycles. The van der Waals surface area contributed by atoms with Crippen molar-refractivity contribution in [3.05, 3.63) is 0 Å². The minimum Gasteiger partial charge on any atom is -0.355 e. The van der Waals surface area contributed by atoms with Crippen LogP contribution in [-0.2, 0) is 4.79 Å². The molecule has 0 aliphatic carbocycles. The summed E-state index contributed by atoms with van der Waals surface area (Å²) in [6.45, 7) is 9.27. The Morgan fingerprint density at radius 3 is 2.00 bits per heavy atom. The third-order valence-electron chi connectivity index (χ3n) is 1.80. The molecule has 0 rings (SSSR count). The summed E-state index contributed by atoms with van der Waals surface area (Å²) < 4.78 is 0. The van der Waals surface area contributed by atoms with Crippen LogP contribution in [0.3, 0.4) is 0 Å². The fraction of sp³-hybridized carbons (Fsp3) is 0.909. The van der Waals surface area contributed by atoms with Crippen LogP contribution in [0.1, 0.15) is 20.8 Å². The third-order valence-corrected chi connectivity index (χ3v) is 1.80. The number of nitrogens with zero attached hydrogens (tertiary/aromatic N) is 2. The van der Waals surface area contributed by atoms with Gasteiger partial charge in [-0.15, -0.1) is 0 Å². The second-order valence-corrected chi connectivity index (χ2v) is 3.59. The van der Waals surface area contributed by atoms with Crippen LogP contribution in [0.25, 0.3) is 0 Å². The number of hydrogen-bond donors (Lipinski definition) is 1. The minimum atomic E-state index is 0.0426. The van der Waals surface area contributed by atoms with Gasteiger partial charge in [0, 0.05) is 33.1 Å². The van der Waals surface area contributed by atoms with Crippen LogP contribution in [0.15, 0.2) is 0 Å². The van der Waals surface area contributed by atoms with Gasteiger partial charge in [0.05, 0.1) is 0 Å². The highest BCUT2D eigenvalue weighted by Gasteiger charge is 1.98. The highest BCUT2D eigenvalue weighted by atomic mass is 16.1. The molecule has 0 atom stereocenters. The summed E-state index contributed by atoms with van der Waals surface area (Å²) in [5.74, 6) is 0.0426. The van der Waals surface area contributed by atoms with Gasteiger partial charge >= 0.3 is 0 Å². The fourth-order valence-electron chi connectivity index (χ4n) is 0.905. The van der Waals surface area contributed by atoms with E-state index in [1.165, 1.54) is 0 Å². The second kappa shape index (κ2) is 11.5. The number of carbonyl (C=O) groups excluding carboxylic acids is 1. The Balaban J connectivity index is 0. The van der Waals surface area contributed by atoms with Gasteiger partial charge in [-0.3, -0.25) is 4.79 Å². The van der Waals surface area contributed by atoms with Crippen molar-refractivity contribution in [2.75, 3.05) is 47.3 Å². The first-order valence-electron chi connectivity index (χ1n) is 5.60. The van der Waals surface area contributed by atoms with E-state index in [0.29, 0.717) is 0 Å². The number of rotatable bonds is 6. The summed E-state index contributed by atoms with van der Waals surface area (Å²) >= 11 is 0. The summed E-state index contributed by atoms with van der Waals surface area (Å²) in [4.78, 5) is 14.9. The third kappa shape index (κ3) is 16.1. The first-order valence-corrected chi connectivity index (χ1v) is 5.60. The lowest BCUT2D eigenvalue weighted by molar-refractivity contribution is -0.119. The summed E-state index contributed by atoms with van der Waals surface area (Å²) in [6.07, 6.45) is 0. The normalized spacial score (nSPS) is 9.87. The molecule has 0 aromatic rings. The van der Waals surface area contributed by atoms with E-state index in [9.17, 15) is 4.79 Å². The molecule has 0 aromatic heterocycles. The van der Waals surface area contributed by atoms with E-state index in [-0.39, 0.29) is 5.91 Å². The van der Waals surface area contributed by atoms with E-state index < -0.39 is 0 Å². The van der Waals surface area contributed by atoms with E-state index in [1.54, 1.807) is 6.92 Å². The quantitative estimate of drug-likeness (QED) is 0.709. The second-order valence-electron chi connectivity index (χ2n) is 3.59.